The Bertz CT molecular complexity index is 408. The minimum absolute atomic E-state index is 0.0239. The fourth-order valence-electron chi connectivity index (χ4n) is 3.05. The zero-order valence-corrected chi connectivity index (χ0v) is 12.1. The maximum absolute atomic E-state index is 12.0. The zero-order valence-electron chi connectivity index (χ0n) is 11.3. The van der Waals surface area contributed by atoms with Gasteiger partial charge in [0.1, 0.15) is 9.84 Å². The molecule has 0 aromatic rings. The van der Waals surface area contributed by atoms with E-state index in [1.165, 1.54) is 6.42 Å². The number of hydrogen-bond acceptors (Lipinski definition) is 4. The normalized spacial score (nSPS) is 31.8. The number of nitrogens with one attached hydrogen (secondary N) is 1. The van der Waals surface area contributed by atoms with E-state index in [2.05, 4.69) is 5.32 Å². The molecule has 2 fully saturated rings. The minimum atomic E-state index is -2.86. The van der Waals surface area contributed by atoms with Crippen molar-refractivity contribution in [2.24, 2.45) is 11.7 Å². The molecule has 0 aromatic carbocycles. The molecule has 1 heterocycles. The molecule has 0 bridgehead atoms. The Labute approximate surface area is 115 Å². The van der Waals surface area contributed by atoms with Gasteiger partial charge in [0.25, 0.3) is 0 Å². The highest BCUT2D eigenvalue weighted by Gasteiger charge is 2.27. The van der Waals surface area contributed by atoms with E-state index in [-0.39, 0.29) is 29.5 Å². The van der Waals surface area contributed by atoms with Crippen molar-refractivity contribution in [1.29, 1.82) is 0 Å². The summed E-state index contributed by atoms with van der Waals surface area (Å²) in [5.74, 6) is 0.717. The Morgan fingerprint density at radius 3 is 2.37 bits per heavy atom. The van der Waals surface area contributed by atoms with Gasteiger partial charge in [-0.2, -0.15) is 0 Å². The van der Waals surface area contributed by atoms with Gasteiger partial charge in [0, 0.05) is 18.5 Å². The molecule has 1 saturated heterocycles. The van der Waals surface area contributed by atoms with Crippen molar-refractivity contribution in [3.05, 3.63) is 0 Å². The molecule has 3 N–H and O–H groups in total. The van der Waals surface area contributed by atoms with E-state index in [0.29, 0.717) is 25.2 Å². The first kappa shape index (κ1) is 14.8. The largest absolute Gasteiger partial charge is 0.353 e. The molecule has 0 radical (unpaired) electrons. The van der Waals surface area contributed by atoms with Crippen LogP contribution in [0.2, 0.25) is 0 Å². The maximum atomic E-state index is 12.0. The van der Waals surface area contributed by atoms with Crippen LogP contribution >= 0.6 is 0 Å². The summed E-state index contributed by atoms with van der Waals surface area (Å²) in [5, 5.41) is 2.97. The van der Waals surface area contributed by atoms with Gasteiger partial charge in [0.2, 0.25) is 5.91 Å². The minimum Gasteiger partial charge on any atom is -0.353 e. The van der Waals surface area contributed by atoms with Crippen LogP contribution in [0.3, 0.4) is 0 Å². The lowest BCUT2D eigenvalue weighted by Gasteiger charge is -2.29. The average molecular weight is 288 g/mol. The lowest BCUT2D eigenvalue weighted by atomic mass is 9.83. The fourth-order valence-corrected chi connectivity index (χ4v) is 4.54. The van der Waals surface area contributed by atoms with Crippen LogP contribution in [0.15, 0.2) is 0 Å². The highest BCUT2D eigenvalue weighted by atomic mass is 32.2. The van der Waals surface area contributed by atoms with Crippen molar-refractivity contribution < 1.29 is 13.2 Å². The SMILES string of the molecule is NC1CCCCC1CC(=O)NC1CCS(=O)(=O)CC1. The van der Waals surface area contributed by atoms with E-state index in [4.69, 9.17) is 5.73 Å². The van der Waals surface area contributed by atoms with E-state index >= 15 is 0 Å². The Morgan fingerprint density at radius 1 is 1.11 bits per heavy atom. The Hall–Kier alpha value is -0.620. The molecule has 5 nitrogen and oxygen atoms in total. The zero-order chi connectivity index (χ0) is 13.9. The van der Waals surface area contributed by atoms with Gasteiger partial charge in [-0.1, -0.05) is 12.8 Å². The molecule has 1 aliphatic heterocycles. The lowest BCUT2D eigenvalue weighted by molar-refractivity contribution is -0.123. The summed E-state index contributed by atoms with van der Waals surface area (Å²) >= 11 is 0. The highest BCUT2D eigenvalue weighted by Crippen LogP contribution is 2.25. The molecular weight excluding hydrogens is 264 g/mol. The van der Waals surface area contributed by atoms with Crippen LogP contribution in [-0.2, 0) is 14.6 Å². The molecule has 110 valence electrons. The lowest BCUT2D eigenvalue weighted by Crippen LogP contribution is -2.43. The fraction of sp³-hybridized carbons (Fsp3) is 0.923. The first-order chi connectivity index (χ1) is 8.96. The predicted molar refractivity (Wildman–Crippen MR) is 74.4 cm³/mol. The van der Waals surface area contributed by atoms with E-state index in [9.17, 15) is 13.2 Å². The van der Waals surface area contributed by atoms with Crippen LogP contribution in [0, 0.1) is 5.92 Å². The molecule has 6 heteroatoms. The van der Waals surface area contributed by atoms with Crippen molar-refractivity contribution in [1.82, 2.24) is 5.32 Å². The summed E-state index contributed by atoms with van der Waals surface area (Å²) in [4.78, 5) is 12.0. The highest BCUT2D eigenvalue weighted by molar-refractivity contribution is 7.91. The number of hydrogen-bond donors (Lipinski definition) is 2. The van der Waals surface area contributed by atoms with Crippen LogP contribution in [-0.4, -0.2) is 37.9 Å². The smallest absolute Gasteiger partial charge is 0.220 e. The predicted octanol–water partition coefficient (Wildman–Crippen LogP) is 0.587. The van der Waals surface area contributed by atoms with E-state index in [1.807, 2.05) is 0 Å². The van der Waals surface area contributed by atoms with Crippen LogP contribution in [0.1, 0.15) is 44.9 Å². The molecule has 1 amide bonds. The van der Waals surface area contributed by atoms with Gasteiger partial charge in [-0.15, -0.1) is 0 Å². The number of sulfone groups is 1. The van der Waals surface area contributed by atoms with Gasteiger partial charge in [0.05, 0.1) is 11.5 Å². The summed E-state index contributed by atoms with van der Waals surface area (Å²) < 4.78 is 22.6. The summed E-state index contributed by atoms with van der Waals surface area (Å²) in [6, 6.07) is 0.169. The standard InChI is InChI=1S/C13H24N2O3S/c14-12-4-2-1-3-10(12)9-13(16)15-11-5-7-19(17,18)8-6-11/h10-12H,1-9,14H2,(H,15,16). The molecule has 2 rings (SSSR count). The van der Waals surface area contributed by atoms with Crippen molar-refractivity contribution in [2.45, 2.75) is 57.0 Å². The third-order valence-corrected chi connectivity index (χ3v) is 6.05. The third kappa shape index (κ3) is 4.45. The number of amides is 1. The van der Waals surface area contributed by atoms with E-state index in [1.54, 1.807) is 0 Å². The Kier molecular flexibility index (Phi) is 4.84. The van der Waals surface area contributed by atoms with Crippen LogP contribution in [0.5, 0.6) is 0 Å². The molecular formula is C13H24N2O3S. The second-order valence-corrected chi connectivity index (χ2v) is 8.21. The Morgan fingerprint density at radius 2 is 1.74 bits per heavy atom. The number of carbonyl (C=O) groups is 1. The number of nitrogens with two attached hydrogens (primary N) is 1. The second-order valence-electron chi connectivity index (χ2n) is 5.91. The van der Waals surface area contributed by atoms with Crippen LogP contribution < -0.4 is 11.1 Å². The van der Waals surface area contributed by atoms with Gasteiger partial charge in [0.15, 0.2) is 0 Å². The number of rotatable bonds is 3. The van der Waals surface area contributed by atoms with Crippen molar-refractivity contribution in [3.8, 4) is 0 Å². The van der Waals surface area contributed by atoms with Gasteiger partial charge in [-0.05, 0) is 31.6 Å². The molecule has 1 aliphatic carbocycles. The van der Waals surface area contributed by atoms with Gasteiger partial charge >= 0.3 is 0 Å². The topological polar surface area (TPSA) is 89.3 Å². The van der Waals surface area contributed by atoms with Crippen molar-refractivity contribution in [2.75, 3.05) is 11.5 Å². The van der Waals surface area contributed by atoms with E-state index < -0.39 is 9.84 Å². The maximum Gasteiger partial charge on any atom is 0.220 e. The first-order valence-electron chi connectivity index (χ1n) is 7.21. The first-order valence-corrected chi connectivity index (χ1v) is 9.04. The van der Waals surface area contributed by atoms with Crippen LogP contribution in [0.4, 0.5) is 0 Å². The molecule has 1 saturated carbocycles. The van der Waals surface area contributed by atoms with Gasteiger partial charge in [-0.25, -0.2) is 8.42 Å². The number of carbonyl (C=O) groups excluding carboxylic acids is 1. The molecule has 2 unspecified atom stereocenters. The summed E-state index contributed by atoms with van der Waals surface area (Å²) in [7, 11) is -2.86. The van der Waals surface area contributed by atoms with Crippen molar-refractivity contribution >= 4 is 15.7 Å². The summed E-state index contributed by atoms with van der Waals surface area (Å²) in [6.45, 7) is 0. The third-order valence-electron chi connectivity index (χ3n) is 4.34. The Balaban J connectivity index is 1.75. The quantitative estimate of drug-likeness (QED) is 0.795. The van der Waals surface area contributed by atoms with Crippen molar-refractivity contribution in [3.63, 3.8) is 0 Å². The van der Waals surface area contributed by atoms with E-state index in [0.717, 1.165) is 19.3 Å². The van der Waals surface area contributed by atoms with Crippen LogP contribution in [0.25, 0.3) is 0 Å². The molecule has 2 atom stereocenters. The average Bonchev–Trinajstić information content (AvgIpc) is 2.35. The molecule has 0 aromatic heterocycles. The monoisotopic (exact) mass is 288 g/mol. The molecule has 19 heavy (non-hydrogen) atoms. The second kappa shape index (κ2) is 6.22. The van der Waals surface area contributed by atoms with Gasteiger partial charge < -0.3 is 11.1 Å². The van der Waals surface area contributed by atoms with Gasteiger partial charge in [-0.3, -0.25) is 4.79 Å². The summed E-state index contributed by atoms with van der Waals surface area (Å²) in [5.41, 5.74) is 6.04. The molecule has 0 spiro atoms. The summed E-state index contributed by atoms with van der Waals surface area (Å²) in [6.07, 6.45) is 5.96. The molecule has 2 aliphatic rings.